The van der Waals surface area contributed by atoms with Gasteiger partial charge in [-0.3, -0.25) is 0 Å². The van der Waals surface area contributed by atoms with Gasteiger partial charge in [-0.25, -0.2) is 0 Å². The van der Waals surface area contributed by atoms with Gasteiger partial charge in [0.15, 0.2) is 0 Å². The molecule has 1 aliphatic heterocycles. The summed E-state index contributed by atoms with van der Waals surface area (Å²) in [5.74, 6) is 0. The Morgan fingerprint density at radius 3 is 1.58 bits per heavy atom. The predicted octanol–water partition coefficient (Wildman–Crippen LogP) is 2.47. The summed E-state index contributed by atoms with van der Waals surface area (Å²) in [5, 5.41) is 0. The fraction of sp³-hybridized carbons (Fsp3) is 0.900. The fourth-order valence-corrected chi connectivity index (χ4v) is 1.87. The molecule has 2 heteroatoms. The molecule has 0 aromatic rings. The molecule has 1 saturated heterocycles. The summed E-state index contributed by atoms with van der Waals surface area (Å²) in [5.41, 5.74) is 0.698. The topological polar surface area (TPSA) is 3.24 Å². The molecule has 1 fully saturated rings. The molecule has 1 rings (SSSR count). The first-order valence-electron chi connectivity index (χ1n) is 4.42. The average molecular weight is 385 g/mol. The van der Waals surface area contributed by atoms with Crippen LogP contribution in [0.25, 0.3) is 0 Å². The van der Waals surface area contributed by atoms with E-state index in [1.165, 1.54) is 12.8 Å². The van der Waals surface area contributed by atoms with E-state index in [1.54, 1.807) is 0 Å². The zero-order valence-corrected chi connectivity index (χ0v) is 13.8. The number of hydrogen-bond donors (Lipinski definition) is 0. The van der Waals surface area contributed by atoms with Crippen molar-refractivity contribution in [2.24, 2.45) is 0 Å². The minimum Gasteiger partial charge on any atom is -0.325 e. The smallest absolute Gasteiger partial charge is 0 e. The minimum atomic E-state index is 0. The Bertz CT molecular complexity index is 136. The van der Waals surface area contributed by atoms with Gasteiger partial charge in [-0.2, -0.15) is 12.8 Å². The second-order valence-corrected chi connectivity index (χ2v) is 4.88. The van der Waals surface area contributed by atoms with Gasteiger partial charge in [0.05, 0.1) is 0 Å². The Hall–Kier alpha value is 1.05. The van der Waals surface area contributed by atoms with Crippen LogP contribution in [-0.4, -0.2) is 23.0 Å². The number of likely N-dealkylation sites (tertiary alicyclic amines) is 1. The van der Waals surface area contributed by atoms with Crippen LogP contribution < -0.4 is 0 Å². The zero-order chi connectivity index (χ0) is 8.70. The molecule has 1 aliphatic rings. The first-order chi connectivity index (χ1) is 4.86. The Morgan fingerprint density at radius 1 is 1.00 bits per heavy atom. The van der Waals surface area contributed by atoms with Gasteiger partial charge in [0.25, 0.3) is 0 Å². The fourth-order valence-electron chi connectivity index (χ4n) is 1.87. The Kier molecular flexibility index (Phi) is 4.41. The summed E-state index contributed by atoms with van der Waals surface area (Å²) < 4.78 is 0. The van der Waals surface area contributed by atoms with Crippen LogP contribution >= 0.6 is 0 Å². The third-order valence-corrected chi connectivity index (χ3v) is 3.10. The van der Waals surface area contributed by atoms with Crippen LogP contribution in [0.4, 0.5) is 0 Å². The van der Waals surface area contributed by atoms with Gasteiger partial charge in [0, 0.05) is 32.3 Å². The van der Waals surface area contributed by atoms with E-state index in [9.17, 15) is 0 Å². The quantitative estimate of drug-likeness (QED) is 0.580. The van der Waals surface area contributed by atoms with Gasteiger partial charge >= 0.3 is 0 Å². The molecule has 0 spiro atoms. The summed E-state index contributed by atoms with van der Waals surface area (Å²) in [6.45, 7) is 9.24. The van der Waals surface area contributed by atoms with Crippen LogP contribution in [0.3, 0.4) is 0 Å². The van der Waals surface area contributed by atoms with Crippen molar-refractivity contribution in [3.8, 4) is 0 Å². The first kappa shape index (κ1) is 13.1. The van der Waals surface area contributed by atoms with Gasteiger partial charge in [0.1, 0.15) is 0 Å². The van der Waals surface area contributed by atoms with Crippen LogP contribution in [0.15, 0.2) is 0 Å². The van der Waals surface area contributed by atoms with Crippen LogP contribution in [0.5, 0.6) is 0 Å². The van der Waals surface area contributed by atoms with E-state index in [1.807, 2.05) is 0 Å². The van der Waals surface area contributed by atoms with Gasteiger partial charge in [-0.05, 0) is 45.8 Å². The Labute approximate surface area is 102 Å². The Morgan fingerprint density at radius 2 is 1.33 bits per heavy atom. The van der Waals surface area contributed by atoms with E-state index in [2.05, 4.69) is 46.1 Å². The third kappa shape index (κ3) is 2.52. The van der Waals surface area contributed by atoms with Crippen LogP contribution in [0.2, 0.25) is 0 Å². The molecule has 1 heterocycles. The molecule has 1 radical (unpaired) electrons. The molecule has 0 amide bonds. The van der Waals surface area contributed by atoms with Crippen molar-refractivity contribution < 1.29 is 32.3 Å². The van der Waals surface area contributed by atoms with Crippen molar-refractivity contribution in [1.29, 1.82) is 0 Å². The second-order valence-electron chi connectivity index (χ2n) is 4.88. The van der Waals surface area contributed by atoms with Gasteiger partial charge in [-0.15, -0.1) is 0 Å². The van der Waals surface area contributed by atoms with E-state index in [4.69, 9.17) is 0 Å². The molecule has 12 heavy (non-hydrogen) atoms. The number of nitrogens with zero attached hydrogens (tertiary/aromatic N) is 1. The van der Waals surface area contributed by atoms with Crippen molar-refractivity contribution in [2.45, 2.75) is 51.6 Å². The molecule has 69 valence electrons. The van der Waals surface area contributed by atoms with E-state index in [-0.39, 0.29) is 32.3 Å². The summed E-state index contributed by atoms with van der Waals surface area (Å²) in [6, 6.07) is 0. The number of piperidine rings is 1. The van der Waals surface area contributed by atoms with Crippen LogP contribution in [-0.2, 0) is 0 Å². The van der Waals surface area contributed by atoms with Gasteiger partial charge in [0.2, 0.25) is 0 Å². The first-order valence-corrected chi connectivity index (χ1v) is 4.42. The maximum atomic E-state index is 2.49. The standard InChI is InChI=1S/C10H20N.Pa/c1-9(2)7-6-8-10(3,4)11(9)5;/h6H,7-8H2,1-5H3;/q-1;. The monoisotopic (exact) mass is 385 g/mol. The predicted molar refractivity (Wildman–Crippen MR) is 49.5 cm³/mol. The normalized spacial score (nSPS) is 27.8. The van der Waals surface area contributed by atoms with Crippen molar-refractivity contribution in [3.05, 3.63) is 6.42 Å². The maximum absolute atomic E-state index is 2.49. The van der Waals surface area contributed by atoms with Crippen molar-refractivity contribution >= 4 is 0 Å². The van der Waals surface area contributed by atoms with Crippen LogP contribution in [0.1, 0.15) is 40.5 Å². The molecule has 0 aliphatic carbocycles. The van der Waals surface area contributed by atoms with Crippen LogP contribution in [0, 0.1) is 38.7 Å². The van der Waals surface area contributed by atoms with E-state index in [0.717, 1.165) is 0 Å². The molecule has 1 nitrogen and oxygen atoms in total. The second kappa shape index (κ2) is 4.05. The molecule has 0 unspecified atom stereocenters. The molecular formula is C10H20NPa-. The van der Waals surface area contributed by atoms with E-state index in [0.29, 0.717) is 11.1 Å². The van der Waals surface area contributed by atoms with Crippen molar-refractivity contribution in [2.75, 3.05) is 7.05 Å². The molecule has 0 atom stereocenters. The number of hydrogen-bond acceptors (Lipinski definition) is 1. The van der Waals surface area contributed by atoms with Gasteiger partial charge < -0.3 is 11.3 Å². The van der Waals surface area contributed by atoms with Crippen molar-refractivity contribution in [1.82, 2.24) is 4.90 Å². The largest absolute Gasteiger partial charge is 0.325 e. The maximum Gasteiger partial charge on any atom is 0 e. The average Bonchev–Trinajstić information content (AvgIpc) is 1.82. The summed E-state index contributed by atoms with van der Waals surface area (Å²) in [6.07, 6.45) is 4.85. The molecule has 0 N–H and O–H groups in total. The van der Waals surface area contributed by atoms with Gasteiger partial charge in [-0.1, -0.05) is 0 Å². The molecule has 0 bridgehead atoms. The summed E-state index contributed by atoms with van der Waals surface area (Å²) in [4.78, 5) is 2.49. The Balaban J connectivity index is 0.00000121. The molecule has 0 aromatic carbocycles. The summed E-state index contributed by atoms with van der Waals surface area (Å²) >= 11 is 0. The number of rotatable bonds is 0. The summed E-state index contributed by atoms with van der Waals surface area (Å²) in [7, 11) is 2.23. The third-order valence-electron chi connectivity index (χ3n) is 3.10. The molecular weight excluding hydrogens is 365 g/mol. The van der Waals surface area contributed by atoms with E-state index >= 15 is 0 Å². The molecule has 0 saturated carbocycles. The SMILES string of the molecule is CN1C(C)(C)C[CH-]CC1(C)C.[Pa]. The zero-order valence-electron chi connectivity index (χ0n) is 9.02. The van der Waals surface area contributed by atoms with E-state index < -0.39 is 0 Å². The minimum absolute atomic E-state index is 0. The van der Waals surface area contributed by atoms with Crippen molar-refractivity contribution in [3.63, 3.8) is 0 Å². The molecule has 0 aromatic heterocycles.